The van der Waals surface area contributed by atoms with Crippen LogP contribution in [0.15, 0.2) is 18.4 Å². The van der Waals surface area contributed by atoms with Gasteiger partial charge in [0.2, 0.25) is 0 Å². The predicted molar refractivity (Wildman–Crippen MR) is 54.3 cm³/mol. The quantitative estimate of drug-likeness (QED) is 0.815. The molecule has 1 heterocycles. The van der Waals surface area contributed by atoms with Gasteiger partial charge in [0.25, 0.3) is 0 Å². The molecule has 3 nitrogen and oxygen atoms in total. The summed E-state index contributed by atoms with van der Waals surface area (Å²) in [5.41, 5.74) is 4.72. The van der Waals surface area contributed by atoms with Gasteiger partial charge in [0.05, 0.1) is 24.3 Å². The van der Waals surface area contributed by atoms with Crippen LogP contribution in [0.3, 0.4) is 0 Å². The molecule has 0 unspecified atom stereocenters. The first kappa shape index (κ1) is 12.4. The fourth-order valence-electron chi connectivity index (χ4n) is 0.986. The molecule has 1 aromatic rings. The number of nitrogens with zero attached hydrogens (tertiary/aromatic N) is 1. The van der Waals surface area contributed by atoms with E-state index in [-0.39, 0.29) is 11.4 Å². The highest BCUT2D eigenvalue weighted by Gasteiger charge is 2.32. The lowest BCUT2D eigenvalue weighted by Gasteiger charge is -2.07. The molecule has 0 atom stereocenters. The maximum atomic E-state index is 12.3. The Hall–Kier alpha value is -1.72. The molecule has 1 aromatic heterocycles. The zero-order valence-electron chi connectivity index (χ0n) is 8.58. The second-order valence-electron chi connectivity index (χ2n) is 2.93. The fraction of sp³-hybridized carbons (Fsp3) is 0.300. The summed E-state index contributed by atoms with van der Waals surface area (Å²) in [7, 11) is 0. The number of anilines is 1. The molecule has 0 aromatic carbocycles. The monoisotopic (exact) mass is 232 g/mol. The van der Waals surface area contributed by atoms with E-state index >= 15 is 0 Å². The lowest BCUT2D eigenvalue weighted by molar-refractivity contribution is -0.141. The van der Waals surface area contributed by atoms with Crippen molar-refractivity contribution in [3.8, 4) is 0 Å². The standard InChI is InChI=1S/C10H11F3N2O/c1-2-16-6-5-8-7(14)3-4-9(15-8)10(11,12)13/h3-6H,2,14H2,1H3/b6-5+. The maximum Gasteiger partial charge on any atom is 0.433 e. The molecule has 0 saturated carbocycles. The lowest BCUT2D eigenvalue weighted by Crippen LogP contribution is -2.09. The van der Waals surface area contributed by atoms with E-state index in [0.29, 0.717) is 6.61 Å². The van der Waals surface area contributed by atoms with Crippen molar-refractivity contribution in [2.45, 2.75) is 13.1 Å². The van der Waals surface area contributed by atoms with Crippen LogP contribution in [-0.4, -0.2) is 11.6 Å². The SMILES string of the molecule is CCO/C=C/c1nc(C(F)(F)F)ccc1N. The van der Waals surface area contributed by atoms with Gasteiger partial charge in [-0.1, -0.05) is 0 Å². The molecule has 0 spiro atoms. The Kier molecular flexibility index (Phi) is 3.76. The fourth-order valence-corrected chi connectivity index (χ4v) is 0.986. The number of rotatable bonds is 3. The molecule has 1 rings (SSSR count). The van der Waals surface area contributed by atoms with Crippen LogP contribution in [0.1, 0.15) is 18.3 Å². The minimum absolute atomic E-state index is 0.0447. The molecule has 0 saturated heterocycles. The molecule has 0 aliphatic rings. The van der Waals surface area contributed by atoms with Crippen molar-refractivity contribution in [2.24, 2.45) is 0 Å². The summed E-state index contributed by atoms with van der Waals surface area (Å²) in [5.74, 6) is 0. The Balaban J connectivity index is 3.00. The number of ether oxygens (including phenoxy) is 1. The average Bonchev–Trinajstić information content (AvgIpc) is 2.19. The van der Waals surface area contributed by atoms with Crippen molar-refractivity contribution in [3.05, 3.63) is 29.8 Å². The van der Waals surface area contributed by atoms with Crippen LogP contribution in [0.5, 0.6) is 0 Å². The van der Waals surface area contributed by atoms with Crippen molar-refractivity contribution in [2.75, 3.05) is 12.3 Å². The third-order valence-electron chi connectivity index (χ3n) is 1.74. The average molecular weight is 232 g/mol. The van der Waals surface area contributed by atoms with Gasteiger partial charge in [-0.2, -0.15) is 13.2 Å². The van der Waals surface area contributed by atoms with Crippen molar-refractivity contribution in [1.82, 2.24) is 4.98 Å². The Morgan fingerprint density at radius 3 is 2.69 bits per heavy atom. The molecule has 0 fully saturated rings. The Labute approximate surface area is 90.7 Å². The van der Waals surface area contributed by atoms with E-state index in [1.54, 1.807) is 6.92 Å². The lowest BCUT2D eigenvalue weighted by atomic mass is 10.2. The van der Waals surface area contributed by atoms with Crippen molar-refractivity contribution < 1.29 is 17.9 Å². The first-order valence-corrected chi connectivity index (χ1v) is 4.57. The summed E-state index contributed by atoms with van der Waals surface area (Å²) >= 11 is 0. The number of hydrogen-bond acceptors (Lipinski definition) is 3. The number of aromatic nitrogens is 1. The Morgan fingerprint density at radius 1 is 1.44 bits per heavy atom. The third-order valence-corrected chi connectivity index (χ3v) is 1.74. The van der Waals surface area contributed by atoms with Gasteiger partial charge in [0.15, 0.2) is 0 Å². The van der Waals surface area contributed by atoms with E-state index in [0.717, 1.165) is 6.07 Å². The van der Waals surface area contributed by atoms with E-state index in [4.69, 9.17) is 10.5 Å². The number of nitrogen functional groups attached to an aromatic ring is 1. The molecular weight excluding hydrogens is 221 g/mol. The second-order valence-corrected chi connectivity index (χ2v) is 2.93. The highest BCUT2D eigenvalue weighted by Crippen LogP contribution is 2.28. The summed E-state index contributed by atoms with van der Waals surface area (Å²) in [6.45, 7) is 2.18. The molecule has 0 radical (unpaired) electrons. The first-order chi connectivity index (χ1) is 7.45. The van der Waals surface area contributed by atoms with Crippen LogP contribution in [0, 0.1) is 0 Å². The highest BCUT2D eigenvalue weighted by atomic mass is 19.4. The third kappa shape index (κ3) is 3.15. The number of alkyl halides is 3. The summed E-state index contributed by atoms with van der Waals surface area (Å²) in [5, 5.41) is 0. The van der Waals surface area contributed by atoms with Gasteiger partial charge in [-0.15, -0.1) is 0 Å². The van der Waals surface area contributed by atoms with Crippen LogP contribution in [-0.2, 0) is 10.9 Å². The number of nitrogens with two attached hydrogens (primary N) is 1. The molecule has 0 aliphatic carbocycles. The van der Waals surface area contributed by atoms with Crippen molar-refractivity contribution in [3.63, 3.8) is 0 Å². The minimum atomic E-state index is -4.47. The van der Waals surface area contributed by atoms with E-state index in [1.165, 1.54) is 18.4 Å². The molecule has 2 N–H and O–H groups in total. The van der Waals surface area contributed by atoms with Gasteiger partial charge in [0.1, 0.15) is 5.69 Å². The normalized spacial score (nSPS) is 12.0. The predicted octanol–water partition coefficient (Wildman–Crippen LogP) is 2.69. The molecule has 0 bridgehead atoms. The smallest absolute Gasteiger partial charge is 0.433 e. The Morgan fingerprint density at radius 2 is 2.12 bits per heavy atom. The summed E-state index contributed by atoms with van der Waals surface area (Å²) in [6.07, 6.45) is -1.91. The number of halogens is 3. The van der Waals surface area contributed by atoms with Crippen molar-refractivity contribution >= 4 is 11.8 Å². The number of pyridine rings is 1. The van der Waals surface area contributed by atoms with Gasteiger partial charge < -0.3 is 10.5 Å². The van der Waals surface area contributed by atoms with Crippen LogP contribution in [0.2, 0.25) is 0 Å². The van der Waals surface area contributed by atoms with Gasteiger partial charge in [-0.3, -0.25) is 0 Å². The molecule has 6 heteroatoms. The van der Waals surface area contributed by atoms with Gasteiger partial charge in [-0.25, -0.2) is 4.98 Å². The molecule has 88 valence electrons. The topological polar surface area (TPSA) is 48.1 Å². The second kappa shape index (κ2) is 4.87. The summed E-state index contributed by atoms with van der Waals surface area (Å²) < 4.78 is 41.8. The molecule has 0 aliphatic heterocycles. The zero-order valence-corrected chi connectivity index (χ0v) is 8.58. The van der Waals surface area contributed by atoms with Crippen LogP contribution in [0.25, 0.3) is 6.08 Å². The van der Waals surface area contributed by atoms with E-state index in [9.17, 15) is 13.2 Å². The van der Waals surface area contributed by atoms with Gasteiger partial charge in [0, 0.05) is 6.08 Å². The van der Waals surface area contributed by atoms with Crippen LogP contribution < -0.4 is 5.73 Å². The summed E-state index contributed by atoms with van der Waals surface area (Å²) in [6, 6.07) is 2.01. The summed E-state index contributed by atoms with van der Waals surface area (Å²) in [4.78, 5) is 3.40. The zero-order chi connectivity index (χ0) is 12.2. The maximum absolute atomic E-state index is 12.3. The largest absolute Gasteiger partial charge is 0.501 e. The Bertz CT molecular complexity index is 388. The van der Waals surface area contributed by atoms with Crippen molar-refractivity contribution in [1.29, 1.82) is 0 Å². The van der Waals surface area contributed by atoms with Crippen LogP contribution in [0.4, 0.5) is 18.9 Å². The number of hydrogen-bond donors (Lipinski definition) is 1. The molecule has 0 amide bonds. The van der Waals surface area contributed by atoms with E-state index in [2.05, 4.69) is 4.98 Å². The molecular formula is C10H11F3N2O. The van der Waals surface area contributed by atoms with Gasteiger partial charge >= 0.3 is 6.18 Å². The van der Waals surface area contributed by atoms with E-state index in [1.807, 2.05) is 0 Å². The van der Waals surface area contributed by atoms with E-state index < -0.39 is 11.9 Å². The molecule has 16 heavy (non-hydrogen) atoms. The minimum Gasteiger partial charge on any atom is -0.501 e. The highest BCUT2D eigenvalue weighted by molar-refractivity contribution is 5.60. The first-order valence-electron chi connectivity index (χ1n) is 4.57. The van der Waals surface area contributed by atoms with Crippen LogP contribution >= 0.6 is 0 Å². The van der Waals surface area contributed by atoms with Gasteiger partial charge in [-0.05, 0) is 19.1 Å².